The van der Waals surface area contributed by atoms with Crippen LogP contribution in [0.2, 0.25) is 0 Å². The molecule has 3 rings (SSSR count). The fraction of sp³-hybridized carbons (Fsp3) is 0.625. The molecule has 0 bridgehead atoms. The summed E-state index contributed by atoms with van der Waals surface area (Å²) in [6.07, 6.45) is 2.78. The average Bonchev–Trinajstić information content (AvgIpc) is 2.86. The molecule has 2 aliphatic heterocycles. The van der Waals surface area contributed by atoms with E-state index in [9.17, 15) is 0 Å². The molecule has 2 fully saturated rings. The van der Waals surface area contributed by atoms with Crippen LogP contribution in [0.3, 0.4) is 0 Å². The van der Waals surface area contributed by atoms with Crippen molar-refractivity contribution in [1.29, 1.82) is 0 Å². The molecule has 2 heteroatoms. The third-order valence-electron chi connectivity index (χ3n) is 4.51. The summed E-state index contributed by atoms with van der Waals surface area (Å²) in [6.45, 7) is 9.50. The van der Waals surface area contributed by atoms with Gasteiger partial charge < -0.3 is 4.90 Å². The van der Waals surface area contributed by atoms with E-state index in [0.29, 0.717) is 5.92 Å². The molecule has 0 N–H and O–H groups in total. The Hall–Kier alpha value is -1.02. The van der Waals surface area contributed by atoms with E-state index in [4.69, 9.17) is 0 Å². The van der Waals surface area contributed by atoms with E-state index in [-0.39, 0.29) is 0 Å². The Morgan fingerprint density at radius 3 is 2.56 bits per heavy atom. The zero-order chi connectivity index (χ0) is 12.5. The summed E-state index contributed by atoms with van der Waals surface area (Å²) in [5, 5.41) is 0. The molecule has 2 nitrogen and oxygen atoms in total. The largest absolute Gasteiger partial charge is 0.369 e. The molecule has 2 heterocycles. The highest BCUT2D eigenvalue weighted by atomic mass is 15.3. The molecular weight excluding hydrogens is 220 g/mol. The van der Waals surface area contributed by atoms with E-state index in [1.165, 1.54) is 50.3 Å². The van der Waals surface area contributed by atoms with Crippen LogP contribution in [0.15, 0.2) is 24.3 Å². The first-order valence-corrected chi connectivity index (χ1v) is 7.33. The van der Waals surface area contributed by atoms with Gasteiger partial charge in [0.25, 0.3) is 0 Å². The second kappa shape index (κ2) is 4.93. The number of hydrogen-bond acceptors (Lipinski definition) is 2. The van der Waals surface area contributed by atoms with Gasteiger partial charge in [0.05, 0.1) is 0 Å². The molecule has 1 aromatic carbocycles. The van der Waals surface area contributed by atoms with Gasteiger partial charge in [0, 0.05) is 31.4 Å². The molecule has 18 heavy (non-hydrogen) atoms. The molecule has 1 atom stereocenters. The van der Waals surface area contributed by atoms with Gasteiger partial charge in [0.2, 0.25) is 0 Å². The first kappa shape index (κ1) is 12.0. The van der Waals surface area contributed by atoms with Gasteiger partial charge in [0.1, 0.15) is 0 Å². The lowest BCUT2D eigenvalue weighted by atomic mass is 10.0. The minimum atomic E-state index is 0.630. The van der Waals surface area contributed by atoms with Crippen molar-refractivity contribution in [3.63, 3.8) is 0 Å². The number of rotatable bonds is 2. The average molecular weight is 244 g/mol. The van der Waals surface area contributed by atoms with Crippen LogP contribution in [-0.2, 0) is 0 Å². The van der Waals surface area contributed by atoms with Crippen LogP contribution in [-0.4, -0.2) is 37.1 Å². The predicted octanol–water partition coefficient (Wildman–Crippen LogP) is 3.09. The van der Waals surface area contributed by atoms with Crippen molar-refractivity contribution in [1.82, 2.24) is 4.90 Å². The van der Waals surface area contributed by atoms with E-state index < -0.39 is 0 Å². The highest BCUT2D eigenvalue weighted by molar-refractivity contribution is 5.48. The quantitative estimate of drug-likeness (QED) is 0.789. The van der Waals surface area contributed by atoms with E-state index in [0.717, 1.165) is 6.04 Å². The fourth-order valence-electron chi connectivity index (χ4n) is 3.30. The van der Waals surface area contributed by atoms with Crippen LogP contribution < -0.4 is 4.90 Å². The number of piperazine rings is 1. The van der Waals surface area contributed by atoms with Crippen molar-refractivity contribution in [3.05, 3.63) is 29.8 Å². The zero-order valence-electron chi connectivity index (χ0n) is 11.6. The maximum atomic E-state index is 2.67. The van der Waals surface area contributed by atoms with Gasteiger partial charge in [-0.1, -0.05) is 26.0 Å². The molecular formula is C16H24N2. The lowest BCUT2D eigenvalue weighted by molar-refractivity contribution is 0.231. The monoisotopic (exact) mass is 244 g/mol. The summed E-state index contributed by atoms with van der Waals surface area (Å²) < 4.78 is 0. The SMILES string of the molecule is CC(C)c1ccc(N2CCN3CCC[C@@H]3C2)cc1. The highest BCUT2D eigenvalue weighted by Gasteiger charge is 2.30. The van der Waals surface area contributed by atoms with E-state index in [2.05, 4.69) is 47.9 Å². The van der Waals surface area contributed by atoms with Crippen LogP contribution in [0.1, 0.15) is 38.2 Å². The Kier molecular flexibility index (Phi) is 3.29. The third kappa shape index (κ3) is 2.26. The van der Waals surface area contributed by atoms with Gasteiger partial charge in [-0.25, -0.2) is 0 Å². The Balaban J connectivity index is 1.71. The number of benzene rings is 1. The minimum absolute atomic E-state index is 0.630. The van der Waals surface area contributed by atoms with Crippen LogP contribution in [0.5, 0.6) is 0 Å². The van der Waals surface area contributed by atoms with Gasteiger partial charge in [-0.2, -0.15) is 0 Å². The highest BCUT2D eigenvalue weighted by Crippen LogP contribution is 2.26. The molecule has 0 amide bonds. The lowest BCUT2D eigenvalue weighted by Crippen LogP contribution is -2.50. The molecule has 0 aliphatic carbocycles. The van der Waals surface area contributed by atoms with Crippen molar-refractivity contribution >= 4 is 5.69 Å². The summed E-state index contributed by atoms with van der Waals surface area (Å²) in [6, 6.07) is 10.0. The van der Waals surface area contributed by atoms with Crippen LogP contribution in [0.4, 0.5) is 5.69 Å². The lowest BCUT2D eigenvalue weighted by Gasteiger charge is -2.38. The summed E-state index contributed by atoms with van der Waals surface area (Å²) in [5.74, 6) is 0.630. The van der Waals surface area contributed by atoms with Crippen molar-refractivity contribution < 1.29 is 0 Å². The van der Waals surface area contributed by atoms with Crippen LogP contribution in [0.25, 0.3) is 0 Å². The second-order valence-electron chi connectivity index (χ2n) is 6.02. The summed E-state index contributed by atoms with van der Waals surface area (Å²) in [5.41, 5.74) is 2.85. The maximum absolute atomic E-state index is 2.67. The third-order valence-corrected chi connectivity index (χ3v) is 4.51. The fourth-order valence-corrected chi connectivity index (χ4v) is 3.30. The topological polar surface area (TPSA) is 6.48 Å². The van der Waals surface area contributed by atoms with Crippen molar-refractivity contribution in [3.8, 4) is 0 Å². The minimum Gasteiger partial charge on any atom is -0.369 e. The molecule has 0 unspecified atom stereocenters. The molecule has 98 valence electrons. The predicted molar refractivity (Wildman–Crippen MR) is 77.3 cm³/mol. The van der Waals surface area contributed by atoms with E-state index in [1.807, 2.05) is 0 Å². The summed E-state index contributed by atoms with van der Waals surface area (Å²) in [4.78, 5) is 5.23. The van der Waals surface area contributed by atoms with Crippen molar-refractivity contribution in [2.24, 2.45) is 0 Å². The molecule has 2 aliphatic rings. The molecule has 0 radical (unpaired) electrons. The zero-order valence-corrected chi connectivity index (χ0v) is 11.6. The standard InChI is InChI=1S/C16H24N2/c1-13(2)14-5-7-15(8-6-14)18-11-10-17-9-3-4-16(17)12-18/h5-8,13,16H,3-4,9-12H2,1-2H3/t16-/m1/s1. The van der Waals surface area contributed by atoms with Crippen LogP contribution in [0, 0.1) is 0 Å². The number of nitrogens with zero attached hydrogens (tertiary/aromatic N) is 2. The van der Waals surface area contributed by atoms with Crippen molar-refractivity contribution in [2.45, 2.75) is 38.6 Å². The molecule has 0 spiro atoms. The van der Waals surface area contributed by atoms with Crippen LogP contribution >= 0.6 is 0 Å². The summed E-state index contributed by atoms with van der Waals surface area (Å²) >= 11 is 0. The second-order valence-corrected chi connectivity index (χ2v) is 6.02. The Bertz CT molecular complexity index is 396. The van der Waals surface area contributed by atoms with Gasteiger partial charge in [-0.15, -0.1) is 0 Å². The Labute approximate surface area is 111 Å². The first-order valence-electron chi connectivity index (χ1n) is 7.33. The Morgan fingerprint density at radius 1 is 1.06 bits per heavy atom. The maximum Gasteiger partial charge on any atom is 0.0367 e. The van der Waals surface area contributed by atoms with Gasteiger partial charge >= 0.3 is 0 Å². The molecule has 0 saturated carbocycles. The molecule has 2 saturated heterocycles. The summed E-state index contributed by atoms with van der Waals surface area (Å²) in [7, 11) is 0. The first-order chi connectivity index (χ1) is 8.74. The van der Waals surface area contributed by atoms with Gasteiger partial charge in [0.15, 0.2) is 0 Å². The Morgan fingerprint density at radius 2 is 1.83 bits per heavy atom. The van der Waals surface area contributed by atoms with Gasteiger partial charge in [-0.3, -0.25) is 4.90 Å². The van der Waals surface area contributed by atoms with Gasteiger partial charge in [-0.05, 0) is 43.0 Å². The normalized spacial score (nSPS) is 24.6. The van der Waals surface area contributed by atoms with Crippen molar-refractivity contribution in [2.75, 3.05) is 31.1 Å². The number of hydrogen-bond donors (Lipinski definition) is 0. The molecule has 1 aromatic rings. The number of fused-ring (bicyclic) bond motifs is 1. The van der Waals surface area contributed by atoms with E-state index >= 15 is 0 Å². The van der Waals surface area contributed by atoms with E-state index in [1.54, 1.807) is 0 Å². The number of anilines is 1. The smallest absolute Gasteiger partial charge is 0.0367 e. The molecule has 0 aromatic heterocycles.